The number of hydrogen-bond donors (Lipinski definition) is 0. The van der Waals surface area contributed by atoms with Gasteiger partial charge in [0, 0.05) is 18.5 Å². The maximum Gasteiger partial charge on any atom is 0.0701 e. The van der Waals surface area contributed by atoms with Gasteiger partial charge in [-0.25, -0.2) is 0 Å². The molecule has 4 nitrogen and oxygen atoms in total. The zero-order valence-electron chi connectivity index (χ0n) is 10.8. The second-order valence-corrected chi connectivity index (χ2v) is 4.22. The maximum atomic E-state index is 5.39. The van der Waals surface area contributed by atoms with E-state index in [2.05, 4.69) is 15.9 Å². The van der Waals surface area contributed by atoms with Crippen molar-refractivity contribution in [3.63, 3.8) is 0 Å². The zero-order chi connectivity index (χ0) is 12.6. The molecular weight excluding hydrogens is 288 g/mol. The summed E-state index contributed by atoms with van der Waals surface area (Å²) in [6.45, 7) is 7.39. The standard InChI is InChI=1S/C12H25BrO4/c1-2-14-7-8-16-11-12-17-10-9-15-6-4-3-5-13/h2-12H2,1H3. The van der Waals surface area contributed by atoms with E-state index in [4.69, 9.17) is 18.9 Å². The fraction of sp³-hybridized carbons (Fsp3) is 1.00. The van der Waals surface area contributed by atoms with Crippen LogP contribution in [0.5, 0.6) is 0 Å². The first kappa shape index (κ1) is 17.3. The predicted molar refractivity (Wildman–Crippen MR) is 72.0 cm³/mol. The van der Waals surface area contributed by atoms with E-state index in [1.54, 1.807) is 0 Å². The average molecular weight is 313 g/mol. The SMILES string of the molecule is CCOCCOCCOCCOCCCCBr. The van der Waals surface area contributed by atoms with Gasteiger partial charge in [0.05, 0.1) is 39.6 Å². The van der Waals surface area contributed by atoms with E-state index in [0.29, 0.717) is 39.6 Å². The molecule has 0 aromatic heterocycles. The molecule has 0 radical (unpaired) electrons. The van der Waals surface area contributed by atoms with Crippen molar-refractivity contribution in [1.82, 2.24) is 0 Å². The highest BCUT2D eigenvalue weighted by atomic mass is 79.9. The topological polar surface area (TPSA) is 36.9 Å². The third-order valence-corrected chi connectivity index (χ3v) is 2.55. The van der Waals surface area contributed by atoms with Crippen LogP contribution in [-0.4, -0.2) is 58.2 Å². The van der Waals surface area contributed by atoms with Gasteiger partial charge in [-0.3, -0.25) is 0 Å². The molecule has 0 rings (SSSR count). The number of alkyl halides is 1. The van der Waals surface area contributed by atoms with Crippen molar-refractivity contribution in [2.45, 2.75) is 19.8 Å². The molecule has 0 aromatic carbocycles. The van der Waals surface area contributed by atoms with Gasteiger partial charge in [0.25, 0.3) is 0 Å². The molecule has 5 heteroatoms. The van der Waals surface area contributed by atoms with Gasteiger partial charge in [-0.05, 0) is 19.8 Å². The molecule has 0 saturated heterocycles. The summed E-state index contributed by atoms with van der Waals surface area (Å²) in [5, 5.41) is 1.05. The predicted octanol–water partition coefficient (Wildman–Crippen LogP) is 2.25. The van der Waals surface area contributed by atoms with Crippen LogP contribution in [-0.2, 0) is 18.9 Å². The van der Waals surface area contributed by atoms with E-state index in [1.165, 1.54) is 0 Å². The molecule has 0 fully saturated rings. The van der Waals surface area contributed by atoms with Crippen molar-refractivity contribution in [3.8, 4) is 0 Å². The lowest BCUT2D eigenvalue weighted by Crippen LogP contribution is -2.12. The molecule has 0 aliphatic rings. The minimum absolute atomic E-state index is 0.622. The molecule has 0 aromatic rings. The van der Waals surface area contributed by atoms with E-state index >= 15 is 0 Å². The maximum absolute atomic E-state index is 5.39. The highest BCUT2D eigenvalue weighted by Crippen LogP contribution is 1.94. The van der Waals surface area contributed by atoms with Crippen LogP contribution in [0.3, 0.4) is 0 Å². The summed E-state index contributed by atoms with van der Waals surface area (Å²) in [7, 11) is 0. The lowest BCUT2D eigenvalue weighted by Gasteiger charge is -2.06. The minimum atomic E-state index is 0.622. The quantitative estimate of drug-likeness (QED) is 0.364. The number of unbranched alkanes of at least 4 members (excludes halogenated alkanes) is 1. The van der Waals surface area contributed by atoms with Crippen LogP contribution < -0.4 is 0 Å². The lowest BCUT2D eigenvalue weighted by atomic mass is 10.4. The molecule has 104 valence electrons. The Bertz CT molecular complexity index is 122. The molecule has 0 unspecified atom stereocenters. The highest BCUT2D eigenvalue weighted by Gasteiger charge is 1.92. The largest absolute Gasteiger partial charge is 0.379 e. The van der Waals surface area contributed by atoms with Crippen LogP contribution in [0.25, 0.3) is 0 Å². The molecule has 0 aliphatic heterocycles. The van der Waals surface area contributed by atoms with Crippen molar-refractivity contribution in [1.29, 1.82) is 0 Å². The minimum Gasteiger partial charge on any atom is -0.379 e. The van der Waals surface area contributed by atoms with Crippen molar-refractivity contribution < 1.29 is 18.9 Å². The normalized spacial score (nSPS) is 10.9. The van der Waals surface area contributed by atoms with Gasteiger partial charge >= 0.3 is 0 Å². The monoisotopic (exact) mass is 312 g/mol. The number of halogens is 1. The Morgan fingerprint density at radius 2 is 1.12 bits per heavy atom. The number of ether oxygens (including phenoxy) is 4. The Balaban J connectivity index is 2.85. The summed E-state index contributed by atoms with van der Waals surface area (Å²) in [5.41, 5.74) is 0. The van der Waals surface area contributed by atoms with Crippen LogP contribution in [0.4, 0.5) is 0 Å². The molecule has 0 saturated carbocycles. The molecule has 0 atom stereocenters. The summed E-state index contributed by atoms with van der Waals surface area (Å²) in [4.78, 5) is 0. The van der Waals surface area contributed by atoms with Gasteiger partial charge in [0.1, 0.15) is 0 Å². The summed E-state index contributed by atoms with van der Waals surface area (Å²) in [6.07, 6.45) is 2.26. The van der Waals surface area contributed by atoms with Gasteiger partial charge in [-0.1, -0.05) is 15.9 Å². The van der Waals surface area contributed by atoms with Crippen LogP contribution in [0.1, 0.15) is 19.8 Å². The van der Waals surface area contributed by atoms with Gasteiger partial charge in [0.2, 0.25) is 0 Å². The van der Waals surface area contributed by atoms with Gasteiger partial charge in [-0.2, -0.15) is 0 Å². The van der Waals surface area contributed by atoms with Crippen molar-refractivity contribution >= 4 is 15.9 Å². The molecule has 17 heavy (non-hydrogen) atoms. The first-order chi connectivity index (χ1) is 8.41. The van der Waals surface area contributed by atoms with Crippen LogP contribution in [0.2, 0.25) is 0 Å². The Kier molecular flexibility index (Phi) is 16.6. The molecule has 0 bridgehead atoms. The fourth-order valence-corrected chi connectivity index (χ4v) is 1.50. The summed E-state index contributed by atoms with van der Waals surface area (Å²) < 4.78 is 21.2. The van der Waals surface area contributed by atoms with E-state index in [1.807, 2.05) is 6.92 Å². The number of hydrogen-bond acceptors (Lipinski definition) is 4. The Morgan fingerprint density at radius 3 is 1.59 bits per heavy atom. The third-order valence-electron chi connectivity index (χ3n) is 1.99. The second kappa shape index (κ2) is 16.3. The smallest absolute Gasteiger partial charge is 0.0701 e. The van der Waals surface area contributed by atoms with Crippen LogP contribution in [0.15, 0.2) is 0 Å². The van der Waals surface area contributed by atoms with Gasteiger partial charge in [0.15, 0.2) is 0 Å². The molecule has 0 heterocycles. The number of rotatable bonds is 14. The van der Waals surface area contributed by atoms with E-state index in [0.717, 1.165) is 31.4 Å². The van der Waals surface area contributed by atoms with Crippen molar-refractivity contribution in [2.24, 2.45) is 0 Å². The van der Waals surface area contributed by atoms with Crippen LogP contribution in [0, 0.1) is 0 Å². The molecule has 0 spiro atoms. The Morgan fingerprint density at radius 1 is 0.647 bits per heavy atom. The van der Waals surface area contributed by atoms with Crippen LogP contribution >= 0.6 is 15.9 Å². The lowest BCUT2D eigenvalue weighted by molar-refractivity contribution is -0.000705. The molecule has 0 aliphatic carbocycles. The van der Waals surface area contributed by atoms with Crippen molar-refractivity contribution in [2.75, 3.05) is 58.2 Å². The fourth-order valence-electron chi connectivity index (χ4n) is 1.10. The Labute approximate surface area is 113 Å². The molecule has 0 N–H and O–H groups in total. The summed E-state index contributed by atoms with van der Waals surface area (Å²) in [6, 6.07) is 0. The van der Waals surface area contributed by atoms with E-state index < -0.39 is 0 Å². The first-order valence-electron chi connectivity index (χ1n) is 6.28. The third kappa shape index (κ3) is 16.3. The molecule has 0 amide bonds. The zero-order valence-corrected chi connectivity index (χ0v) is 12.4. The molecular formula is C12H25BrO4. The Hall–Kier alpha value is 0.320. The summed E-state index contributed by atoms with van der Waals surface area (Å²) in [5.74, 6) is 0. The van der Waals surface area contributed by atoms with Gasteiger partial charge in [-0.15, -0.1) is 0 Å². The first-order valence-corrected chi connectivity index (χ1v) is 7.41. The van der Waals surface area contributed by atoms with Crippen molar-refractivity contribution in [3.05, 3.63) is 0 Å². The summed E-state index contributed by atoms with van der Waals surface area (Å²) >= 11 is 3.38. The van der Waals surface area contributed by atoms with E-state index in [-0.39, 0.29) is 0 Å². The highest BCUT2D eigenvalue weighted by molar-refractivity contribution is 9.09. The van der Waals surface area contributed by atoms with E-state index in [9.17, 15) is 0 Å². The average Bonchev–Trinajstić information content (AvgIpc) is 2.35. The van der Waals surface area contributed by atoms with Gasteiger partial charge < -0.3 is 18.9 Å². The second-order valence-electron chi connectivity index (χ2n) is 3.43.